The third kappa shape index (κ3) is 3.37. The molecule has 80 valence electrons. The van der Waals surface area contributed by atoms with Gasteiger partial charge in [-0.3, -0.25) is 0 Å². The summed E-state index contributed by atoms with van der Waals surface area (Å²) in [6.07, 6.45) is 2.29. The van der Waals surface area contributed by atoms with Gasteiger partial charge < -0.3 is 5.11 Å². The van der Waals surface area contributed by atoms with Crippen LogP contribution in [-0.2, 0) is 0 Å². The zero-order valence-corrected chi connectivity index (χ0v) is 9.40. The van der Waals surface area contributed by atoms with Gasteiger partial charge in [0.1, 0.15) is 6.10 Å². The van der Waals surface area contributed by atoms with Crippen LogP contribution in [0.1, 0.15) is 31.9 Å². The lowest BCUT2D eigenvalue weighted by Crippen LogP contribution is -2.00. The molecule has 0 saturated carbocycles. The summed E-state index contributed by atoms with van der Waals surface area (Å²) in [6, 6.07) is 9.70. The van der Waals surface area contributed by atoms with Crippen molar-refractivity contribution in [3.8, 4) is 0 Å². The van der Waals surface area contributed by atoms with Crippen molar-refractivity contribution in [2.45, 2.75) is 26.4 Å². The van der Waals surface area contributed by atoms with E-state index in [-0.39, 0.29) is 0 Å². The molecule has 0 aliphatic rings. The van der Waals surface area contributed by atoms with Gasteiger partial charge in [0.2, 0.25) is 0 Å². The van der Waals surface area contributed by atoms with Crippen molar-refractivity contribution in [3.05, 3.63) is 59.7 Å². The smallest absolute Gasteiger partial charge is 0.100 e. The van der Waals surface area contributed by atoms with Crippen molar-refractivity contribution in [2.24, 2.45) is 0 Å². The van der Waals surface area contributed by atoms with Crippen LogP contribution in [0.5, 0.6) is 0 Å². The van der Waals surface area contributed by atoms with E-state index >= 15 is 0 Å². The van der Waals surface area contributed by atoms with Crippen LogP contribution in [0.15, 0.2) is 54.1 Å². The Labute approximate surface area is 91.8 Å². The standard InChI is InChI=1S/C14H18O/c1-4-12(10-11(2)3)14(15)13-8-6-5-7-9-13/h5-10,14-15H,2,4H2,1,3H3/b12-10+/t14-/m1/s1. The normalized spacial score (nSPS) is 13.7. The van der Waals surface area contributed by atoms with E-state index in [9.17, 15) is 5.11 Å². The molecule has 15 heavy (non-hydrogen) atoms. The van der Waals surface area contributed by atoms with Crippen LogP contribution in [0.4, 0.5) is 0 Å². The van der Waals surface area contributed by atoms with Gasteiger partial charge in [0.15, 0.2) is 0 Å². The molecule has 1 atom stereocenters. The van der Waals surface area contributed by atoms with E-state index < -0.39 is 6.10 Å². The number of hydrogen-bond donors (Lipinski definition) is 1. The predicted molar refractivity (Wildman–Crippen MR) is 64.6 cm³/mol. The average molecular weight is 202 g/mol. The van der Waals surface area contributed by atoms with Crippen molar-refractivity contribution in [2.75, 3.05) is 0 Å². The first kappa shape index (κ1) is 11.7. The minimum atomic E-state index is -0.507. The maximum Gasteiger partial charge on any atom is 0.100 e. The summed E-state index contributed by atoms with van der Waals surface area (Å²) in [5.74, 6) is 0. The molecule has 1 N–H and O–H groups in total. The maximum absolute atomic E-state index is 10.1. The van der Waals surface area contributed by atoms with Gasteiger partial charge in [-0.05, 0) is 24.5 Å². The first-order valence-corrected chi connectivity index (χ1v) is 5.24. The largest absolute Gasteiger partial charge is 0.384 e. The molecule has 0 unspecified atom stereocenters. The Morgan fingerprint density at radius 2 is 2.00 bits per heavy atom. The van der Waals surface area contributed by atoms with Gasteiger partial charge in [0.05, 0.1) is 0 Å². The summed E-state index contributed by atoms with van der Waals surface area (Å²) in [5.41, 5.74) is 2.92. The Kier molecular flexibility index (Phi) is 4.32. The molecule has 0 spiro atoms. The Hall–Kier alpha value is -1.34. The zero-order chi connectivity index (χ0) is 11.3. The van der Waals surface area contributed by atoms with Crippen molar-refractivity contribution >= 4 is 0 Å². The molecule has 0 amide bonds. The Balaban J connectivity index is 2.92. The molecule has 0 bridgehead atoms. The highest BCUT2D eigenvalue weighted by molar-refractivity contribution is 5.29. The zero-order valence-electron chi connectivity index (χ0n) is 9.40. The van der Waals surface area contributed by atoms with Crippen molar-refractivity contribution in [1.82, 2.24) is 0 Å². The van der Waals surface area contributed by atoms with Crippen LogP contribution in [0.25, 0.3) is 0 Å². The molecule has 0 aliphatic heterocycles. The van der Waals surface area contributed by atoms with Gasteiger partial charge in [-0.15, -0.1) is 0 Å². The number of allylic oxidation sites excluding steroid dienone is 2. The number of aliphatic hydroxyl groups excluding tert-OH is 1. The molecule has 1 rings (SSSR count). The van der Waals surface area contributed by atoms with Gasteiger partial charge in [-0.2, -0.15) is 0 Å². The molecule has 0 heterocycles. The maximum atomic E-state index is 10.1. The lowest BCUT2D eigenvalue weighted by molar-refractivity contribution is 0.212. The van der Waals surface area contributed by atoms with Gasteiger partial charge in [0.25, 0.3) is 0 Å². The van der Waals surface area contributed by atoms with Gasteiger partial charge in [0, 0.05) is 0 Å². The van der Waals surface area contributed by atoms with E-state index in [2.05, 4.69) is 6.58 Å². The van der Waals surface area contributed by atoms with E-state index in [0.717, 1.165) is 23.1 Å². The second-order valence-corrected chi connectivity index (χ2v) is 3.73. The molecular weight excluding hydrogens is 184 g/mol. The fourth-order valence-electron chi connectivity index (χ4n) is 1.54. The van der Waals surface area contributed by atoms with Crippen LogP contribution >= 0.6 is 0 Å². The van der Waals surface area contributed by atoms with E-state index in [1.54, 1.807) is 0 Å². The Morgan fingerprint density at radius 3 is 2.47 bits per heavy atom. The molecule has 1 aromatic carbocycles. The third-order valence-electron chi connectivity index (χ3n) is 2.31. The number of hydrogen-bond acceptors (Lipinski definition) is 1. The number of aliphatic hydroxyl groups is 1. The summed E-state index contributed by atoms with van der Waals surface area (Å²) >= 11 is 0. The second kappa shape index (κ2) is 5.52. The van der Waals surface area contributed by atoms with E-state index in [1.807, 2.05) is 50.3 Å². The van der Waals surface area contributed by atoms with Crippen LogP contribution in [0.3, 0.4) is 0 Å². The summed E-state index contributed by atoms with van der Waals surface area (Å²) < 4.78 is 0. The van der Waals surface area contributed by atoms with E-state index in [4.69, 9.17) is 0 Å². The Morgan fingerprint density at radius 1 is 1.40 bits per heavy atom. The highest BCUT2D eigenvalue weighted by Crippen LogP contribution is 2.24. The van der Waals surface area contributed by atoms with Crippen molar-refractivity contribution in [3.63, 3.8) is 0 Å². The van der Waals surface area contributed by atoms with E-state index in [1.165, 1.54) is 0 Å². The van der Waals surface area contributed by atoms with Crippen LogP contribution in [-0.4, -0.2) is 5.11 Å². The number of rotatable bonds is 4. The van der Waals surface area contributed by atoms with Crippen LogP contribution in [0.2, 0.25) is 0 Å². The average Bonchev–Trinajstić information content (AvgIpc) is 2.26. The lowest BCUT2D eigenvalue weighted by Gasteiger charge is -2.14. The molecule has 0 saturated heterocycles. The highest BCUT2D eigenvalue weighted by Gasteiger charge is 2.10. The third-order valence-corrected chi connectivity index (χ3v) is 2.31. The van der Waals surface area contributed by atoms with Crippen LogP contribution in [0, 0.1) is 0 Å². The van der Waals surface area contributed by atoms with Gasteiger partial charge in [-0.1, -0.05) is 55.5 Å². The SMILES string of the molecule is C=C(C)/C=C(\CC)[C@@H](O)c1ccccc1. The molecule has 1 aromatic rings. The first-order valence-electron chi connectivity index (χ1n) is 5.24. The summed E-state index contributed by atoms with van der Waals surface area (Å²) in [4.78, 5) is 0. The topological polar surface area (TPSA) is 20.2 Å². The minimum absolute atomic E-state index is 0.507. The monoisotopic (exact) mass is 202 g/mol. The molecule has 0 aliphatic carbocycles. The highest BCUT2D eigenvalue weighted by atomic mass is 16.3. The molecule has 0 aromatic heterocycles. The lowest BCUT2D eigenvalue weighted by atomic mass is 9.98. The summed E-state index contributed by atoms with van der Waals surface area (Å²) in [5, 5.41) is 10.1. The van der Waals surface area contributed by atoms with Crippen molar-refractivity contribution in [1.29, 1.82) is 0 Å². The Bertz CT molecular complexity index is 349. The number of benzene rings is 1. The van der Waals surface area contributed by atoms with E-state index in [0.29, 0.717) is 0 Å². The van der Waals surface area contributed by atoms with Gasteiger partial charge >= 0.3 is 0 Å². The molecular formula is C14H18O. The fourth-order valence-corrected chi connectivity index (χ4v) is 1.54. The molecule has 0 radical (unpaired) electrons. The summed E-state index contributed by atoms with van der Waals surface area (Å²) in [7, 11) is 0. The minimum Gasteiger partial charge on any atom is -0.384 e. The summed E-state index contributed by atoms with van der Waals surface area (Å²) in [6.45, 7) is 7.81. The van der Waals surface area contributed by atoms with Crippen molar-refractivity contribution < 1.29 is 5.11 Å². The van der Waals surface area contributed by atoms with Gasteiger partial charge in [-0.25, -0.2) is 0 Å². The molecule has 1 heteroatoms. The molecule has 0 fully saturated rings. The quantitative estimate of drug-likeness (QED) is 0.739. The first-order chi connectivity index (χ1) is 7.15. The van der Waals surface area contributed by atoms with Crippen LogP contribution < -0.4 is 0 Å². The predicted octanol–water partition coefficient (Wildman–Crippen LogP) is 3.63. The second-order valence-electron chi connectivity index (χ2n) is 3.73. The fraction of sp³-hybridized carbons (Fsp3) is 0.286. The molecule has 1 nitrogen and oxygen atoms in total.